The van der Waals surface area contributed by atoms with Crippen molar-refractivity contribution in [2.45, 2.75) is 26.5 Å². The van der Waals surface area contributed by atoms with E-state index in [1.807, 2.05) is 11.9 Å². The fourth-order valence-corrected chi connectivity index (χ4v) is 2.79. The van der Waals surface area contributed by atoms with Crippen LogP contribution in [0.2, 0.25) is 0 Å². The maximum absolute atomic E-state index is 12.1. The number of sulfonamides is 1. The van der Waals surface area contributed by atoms with E-state index in [0.29, 0.717) is 32.0 Å². The van der Waals surface area contributed by atoms with E-state index in [-0.39, 0.29) is 11.5 Å². The van der Waals surface area contributed by atoms with Crippen LogP contribution < -0.4 is 14.8 Å². The lowest BCUT2D eigenvalue weighted by Crippen LogP contribution is -2.39. The van der Waals surface area contributed by atoms with Gasteiger partial charge in [0.05, 0.1) is 5.75 Å². The first-order valence-corrected chi connectivity index (χ1v) is 9.85. The number of alkyl halides is 2. The number of halogens is 2. The number of aliphatic imine (C=N–C) groups is 1. The number of nitrogens with one attached hydrogen (secondary N) is 2. The van der Waals surface area contributed by atoms with Gasteiger partial charge in [-0.15, -0.1) is 0 Å². The molecule has 0 bridgehead atoms. The minimum atomic E-state index is -3.17. The quantitative estimate of drug-likeness (QED) is 0.359. The third-order valence-corrected chi connectivity index (χ3v) is 4.88. The van der Waals surface area contributed by atoms with Crippen LogP contribution in [-0.4, -0.2) is 58.8 Å². The van der Waals surface area contributed by atoms with Crippen LogP contribution in [0.1, 0.15) is 18.9 Å². The lowest BCUT2D eigenvalue weighted by molar-refractivity contribution is -0.0498. The highest BCUT2D eigenvalue weighted by Gasteiger charge is 2.09. The molecule has 0 amide bonds. The number of rotatable bonds is 10. The molecule has 1 aromatic carbocycles. The minimum Gasteiger partial charge on any atom is -0.435 e. The van der Waals surface area contributed by atoms with Gasteiger partial charge in [-0.05, 0) is 31.0 Å². The van der Waals surface area contributed by atoms with Crippen LogP contribution in [0.5, 0.6) is 5.75 Å². The molecule has 10 heteroatoms. The normalized spacial score (nSPS) is 12.3. The lowest BCUT2D eigenvalue weighted by atomic mass is 10.2. The summed E-state index contributed by atoms with van der Waals surface area (Å²) in [5.41, 5.74) is 0.910. The molecule has 0 saturated carbocycles. The van der Waals surface area contributed by atoms with Crippen molar-refractivity contribution in [3.05, 3.63) is 29.8 Å². The second-order valence-corrected chi connectivity index (χ2v) is 7.60. The van der Waals surface area contributed by atoms with E-state index in [0.717, 1.165) is 5.56 Å². The molecule has 0 radical (unpaired) electrons. The van der Waals surface area contributed by atoms with Gasteiger partial charge >= 0.3 is 6.61 Å². The Morgan fingerprint density at radius 3 is 2.46 bits per heavy atom. The summed E-state index contributed by atoms with van der Waals surface area (Å²) in [6.07, 6.45) is 0.617. The molecular formula is C16H26F2N4O3S. The lowest BCUT2D eigenvalue weighted by Gasteiger charge is -2.22. The minimum absolute atomic E-state index is 0.0615. The van der Waals surface area contributed by atoms with Gasteiger partial charge in [0.1, 0.15) is 5.75 Å². The van der Waals surface area contributed by atoms with Gasteiger partial charge < -0.3 is 15.0 Å². The van der Waals surface area contributed by atoms with Gasteiger partial charge in [-0.25, -0.2) is 13.1 Å². The molecule has 148 valence electrons. The molecule has 1 aromatic rings. The summed E-state index contributed by atoms with van der Waals surface area (Å²) in [4.78, 5) is 6.05. The summed E-state index contributed by atoms with van der Waals surface area (Å²) >= 11 is 0. The van der Waals surface area contributed by atoms with Crippen molar-refractivity contribution in [2.75, 3.05) is 32.9 Å². The molecule has 0 aliphatic heterocycles. The van der Waals surface area contributed by atoms with Gasteiger partial charge in [-0.1, -0.05) is 12.1 Å². The smallest absolute Gasteiger partial charge is 0.387 e. The number of hydrogen-bond acceptors (Lipinski definition) is 4. The summed E-state index contributed by atoms with van der Waals surface area (Å²) < 4.78 is 53.8. The summed E-state index contributed by atoms with van der Waals surface area (Å²) in [5, 5.41) is 3.15. The third kappa shape index (κ3) is 8.43. The van der Waals surface area contributed by atoms with Crippen LogP contribution >= 0.6 is 0 Å². The molecular weight excluding hydrogens is 366 g/mol. The van der Waals surface area contributed by atoms with E-state index in [1.54, 1.807) is 26.1 Å². The van der Waals surface area contributed by atoms with Crippen molar-refractivity contribution in [3.8, 4) is 5.75 Å². The van der Waals surface area contributed by atoms with Gasteiger partial charge in [0, 0.05) is 33.7 Å². The Kier molecular flexibility index (Phi) is 9.28. The van der Waals surface area contributed by atoms with E-state index in [4.69, 9.17) is 0 Å². The molecule has 0 atom stereocenters. The summed E-state index contributed by atoms with van der Waals surface area (Å²) in [6, 6.07) is 6.40. The van der Waals surface area contributed by atoms with Crippen LogP contribution in [0.15, 0.2) is 29.3 Å². The average molecular weight is 392 g/mol. The SMILES string of the molecule is CCS(=O)(=O)NCCCNC(=NC)N(C)Cc1ccc(OC(F)F)cc1. The maximum Gasteiger partial charge on any atom is 0.387 e. The fraction of sp³-hybridized carbons (Fsp3) is 0.562. The van der Waals surface area contributed by atoms with Crippen molar-refractivity contribution in [2.24, 2.45) is 4.99 Å². The molecule has 2 N–H and O–H groups in total. The van der Waals surface area contributed by atoms with Crippen LogP contribution in [-0.2, 0) is 16.6 Å². The molecule has 7 nitrogen and oxygen atoms in total. The molecule has 26 heavy (non-hydrogen) atoms. The van der Waals surface area contributed by atoms with Crippen molar-refractivity contribution >= 4 is 16.0 Å². The first kappa shape index (κ1) is 22.1. The highest BCUT2D eigenvalue weighted by atomic mass is 32.2. The molecule has 0 saturated heterocycles. The Hall–Kier alpha value is -1.94. The molecule has 0 unspecified atom stereocenters. The Morgan fingerprint density at radius 2 is 1.92 bits per heavy atom. The second kappa shape index (κ2) is 10.9. The number of guanidine groups is 1. The van der Waals surface area contributed by atoms with Gasteiger partial charge in [0.25, 0.3) is 0 Å². The first-order valence-electron chi connectivity index (χ1n) is 8.20. The van der Waals surface area contributed by atoms with Gasteiger partial charge in [0.15, 0.2) is 5.96 Å². The predicted molar refractivity (Wildman–Crippen MR) is 98.0 cm³/mol. The van der Waals surface area contributed by atoms with E-state index in [2.05, 4.69) is 19.8 Å². The van der Waals surface area contributed by atoms with E-state index in [1.165, 1.54) is 12.1 Å². The average Bonchev–Trinajstić information content (AvgIpc) is 2.59. The van der Waals surface area contributed by atoms with Crippen LogP contribution in [0.4, 0.5) is 8.78 Å². The standard InChI is InChI=1S/C16H26F2N4O3S/c1-4-26(23,24)21-11-5-10-20-16(19-2)22(3)12-13-6-8-14(9-7-13)25-15(17)18/h6-9,15,21H,4-5,10-12H2,1-3H3,(H,19,20). The number of hydrogen-bond donors (Lipinski definition) is 2. The molecule has 0 aromatic heterocycles. The number of ether oxygens (including phenoxy) is 1. The largest absolute Gasteiger partial charge is 0.435 e. The monoisotopic (exact) mass is 392 g/mol. The Labute approximate surface area is 153 Å². The highest BCUT2D eigenvalue weighted by molar-refractivity contribution is 7.89. The van der Waals surface area contributed by atoms with E-state index < -0.39 is 16.6 Å². The summed E-state index contributed by atoms with van der Waals surface area (Å²) in [5.74, 6) is 0.825. The highest BCUT2D eigenvalue weighted by Crippen LogP contribution is 2.15. The summed E-state index contributed by atoms with van der Waals surface area (Å²) in [7, 11) is 0.327. The Morgan fingerprint density at radius 1 is 1.27 bits per heavy atom. The maximum atomic E-state index is 12.1. The third-order valence-electron chi connectivity index (χ3n) is 3.48. The van der Waals surface area contributed by atoms with E-state index >= 15 is 0 Å². The fourth-order valence-electron chi connectivity index (χ4n) is 2.13. The van der Waals surface area contributed by atoms with Crippen molar-refractivity contribution in [1.29, 1.82) is 0 Å². The van der Waals surface area contributed by atoms with Crippen LogP contribution in [0.3, 0.4) is 0 Å². The van der Waals surface area contributed by atoms with Gasteiger partial charge in [0.2, 0.25) is 10.0 Å². The van der Waals surface area contributed by atoms with Crippen LogP contribution in [0.25, 0.3) is 0 Å². The zero-order chi connectivity index (χ0) is 19.6. The summed E-state index contributed by atoms with van der Waals surface area (Å²) in [6.45, 7) is 0.189. The Balaban J connectivity index is 2.42. The molecule has 0 spiro atoms. The molecule has 1 rings (SSSR count). The Bertz CT molecular complexity index is 667. The van der Waals surface area contributed by atoms with Crippen molar-refractivity contribution in [1.82, 2.24) is 14.9 Å². The van der Waals surface area contributed by atoms with Crippen molar-refractivity contribution in [3.63, 3.8) is 0 Å². The predicted octanol–water partition coefficient (Wildman–Crippen LogP) is 1.62. The molecule has 0 fully saturated rings. The van der Waals surface area contributed by atoms with Crippen LogP contribution in [0, 0.1) is 0 Å². The topological polar surface area (TPSA) is 83.0 Å². The number of nitrogens with zero attached hydrogens (tertiary/aromatic N) is 2. The molecule has 0 aliphatic carbocycles. The van der Waals surface area contributed by atoms with Gasteiger partial charge in [-0.2, -0.15) is 8.78 Å². The zero-order valence-corrected chi connectivity index (χ0v) is 16.0. The zero-order valence-electron chi connectivity index (χ0n) is 15.2. The first-order chi connectivity index (χ1) is 12.3. The molecule has 0 aliphatic rings. The van der Waals surface area contributed by atoms with E-state index in [9.17, 15) is 17.2 Å². The number of benzene rings is 1. The second-order valence-electron chi connectivity index (χ2n) is 5.50. The van der Waals surface area contributed by atoms with Crippen molar-refractivity contribution < 1.29 is 21.9 Å². The molecule has 0 heterocycles. The van der Waals surface area contributed by atoms with Gasteiger partial charge in [-0.3, -0.25) is 4.99 Å².